The summed E-state index contributed by atoms with van der Waals surface area (Å²) in [5, 5.41) is 5.08. The van der Waals surface area contributed by atoms with Gasteiger partial charge < -0.3 is 15.4 Å². The fourth-order valence-corrected chi connectivity index (χ4v) is 4.14. The number of carbonyl (C=O) groups is 2. The third kappa shape index (κ3) is 9.76. The molecule has 0 heterocycles. The summed E-state index contributed by atoms with van der Waals surface area (Å²) in [6.07, 6.45) is -0.597. The monoisotopic (exact) mass is 432 g/mol. The number of nitrogens with one attached hydrogen (secondary N) is 2. The van der Waals surface area contributed by atoms with Gasteiger partial charge in [-0.05, 0) is 11.1 Å². The molecule has 0 aliphatic heterocycles. The average molecular weight is 433 g/mol. The molecule has 0 saturated carbocycles. The number of alkyl carbamates (subject to hydrolysis) is 1. The van der Waals surface area contributed by atoms with Gasteiger partial charge in [0.2, 0.25) is 0 Å². The number of hydrogen-bond acceptors (Lipinski definition) is 5. The molecule has 156 valence electrons. The van der Waals surface area contributed by atoms with Crippen LogP contribution in [0.1, 0.15) is 25.0 Å². The van der Waals surface area contributed by atoms with Crippen molar-refractivity contribution in [2.24, 2.45) is 0 Å². The van der Waals surface area contributed by atoms with Crippen molar-refractivity contribution in [3.8, 4) is 0 Å². The lowest BCUT2D eigenvalue weighted by Crippen LogP contribution is -2.46. The van der Waals surface area contributed by atoms with E-state index in [1.807, 2.05) is 62.4 Å². The fraction of sp³-hybridized carbons (Fsp3) is 0.364. The highest BCUT2D eigenvalue weighted by molar-refractivity contribution is 8.01. The first-order valence-corrected chi connectivity index (χ1v) is 11.7. The van der Waals surface area contributed by atoms with E-state index in [1.165, 1.54) is 17.3 Å². The Hall–Kier alpha value is -2.12. The van der Waals surface area contributed by atoms with E-state index in [1.54, 1.807) is 11.8 Å². The van der Waals surface area contributed by atoms with Gasteiger partial charge in [0.1, 0.15) is 6.61 Å². The number of thioether (sulfide) groups is 2. The van der Waals surface area contributed by atoms with Gasteiger partial charge in [0.25, 0.3) is 5.91 Å². The first-order chi connectivity index (χ1) is 14.0. The SMILES string of the molecule is CC(C)SC(NC(=O)OCc1ccccc1)C(=O)NCCSCc1ccccc1. The first kappa shape index (κ1) is 23.2. The van der Waals surface area contributed by atoms with Crippen LogP contribution < -0.4 is 10.6 Å². The van der Waals surface area contributed by atoms with Crippen LogP contribution in [0.5, 0.6) is 0 Å². The summed E-state index contributed by atoms with van der Waals surface area (Å²) in [4.78, 5) is 24.6. The van der Waals surface area contributed by atoms with E-state index in [-0.39, 0.29) is 17.8 Å². The van der Waals surface area contributed by atoms with Gasteiger partial charge in [0, 0.05) is 23.3 Å². The van der Waals surface area contributed by atoms with Crippen molar-refractivity contribution >= 4 is 35.5 Å². The molecule has 29 heavy (non-hydrogen) atoms. The standard InChI is InChI=1S/C22H28N2O3S2/c1-17(2)29-21(24-22(26)27-15-18-9-5-3-6-10-18)20(25)23-13-14-28-16-19-11-7-4-8-12-19/h3-12,17,21H,13-16H2,1-2H3,(H,23,25)(H,24,26). The van der Waals surface area contributed by atoms with E-state index >= 15 is 0 Å². The minimum Gasteiger partial charge on any atom is -0.445 e. The fourth-order valence-electron chi connectivity index (χ4n) is 2.41. The molecule has 0 spiro atoms. The van der Waals surface area contributed by atoms with Gasteiger partial charge in [0.15, 0.2) is 5.37 Å². The maximum atomic E-state index is 12.5. The largest absolute Gasteiger partial charge is 0.445 e. The van der Waals surface area contributed by atoms with Crippen LogP contribution in [-0.2, 0) is 21.9 Å². The molecular formula is C22H28N2O3S2. The second-order valence-electron chi connectivity index (χ2n) is 6.60. The van der Waals surface area contributed by atoms with Crippen LogP contribution >= 0.6 is 23.5 Å². The number of carbonyl (C=O) groups excluding carboxylic acids is 2. The maximum absolute atomic E-state index is 12.5. The van der Waals surface area contributed by atoms with Gasteiger partial charge in [-0.3, -0.25) is 4.79 Å². The van der Waals surface area contributed by atoms with Crippen LogP contribution in [0.2, 0.25) is 0 Å². The van der Waals surface area contributed by atoms with Crippen molar-refractivity contribution in [3.05, 3.63) is 71.8 Å². The second-order valence-corrected chi connectivity index (χ2v) is 9.39. The number of amides is 2. The van der Waals surface area contributed by atoms with Crippen molar-refractivity contribution in [2.45, 2.75) is 36.8 Å². The molecule has 0 aliphatic carbocycles. The highest BCUT2D eigenvalue weighted by Crippen LogP contribution is 2.16. The van der Waals surface area contributed by atoms with Crippen molar-refractivity contribution in [3.63, 3.8) is 0 Å². The van der Waals surface area contributed by atoms with Crippen LogP contribution in [-0.4, -0.2) is 34.9 Å². The molecule has 0 saturated heterocycles. The summed E-state index contributed by atoms with van der Waals surface area (Å²) in [6.45, 7) is 4.69. The van der Waals surface area contributed by atoms with E-state index in [0.717, 1.165) is 17.1 Å². The van der Waals surface area contributed by atoms with Crippen molar-refractivity contribution in [1.29, 1.82) is 0 Å². The summed E-state index contributed by atoms with van der Waals surface area (Å²) in [5.41, 5.74) is 2.16. The molecule has 2 amide bonds. The van der Waals surface area contributed by atoms with Crippen molar-refractivity contribution < 1.29 is 14.3 Å². The molecule has 0 fully saturated rings. The molecule has 2 aromatic carbocycles. The quantitative estimate of drug-likeness (QED) is 0.406. The summed E-state index contributed by atoms with van der Waals surface area (Å²) < 4.78 is 5.23. The molecule has 2 aromatic rings. The Labute approximate surface area is 181 Å². The second kappa shape index (κ2) is 13.2. The molecule has 0 aliphatic rings. The van der Waals surface area contributed by atoms with Crippen LogP contribution in [0.15, 0.2) is 60.7 Å². The molecule has 0 bridgehead atoms. The molecule has 5 nitrogen and oxygen atoms in total. The van der Waals surface area contributed by atoms with E-state index < -0.39 is 11.5 Å². The molecule has 1 atom stereocenters. The Balaban J connectivity index is 1.72. The average Bonchev–Trinajstić information content (AvgIpc) is 2.72. The lowest BCUT2D eigenvalue weighted by Gasteiger charge is -2.19. The summed E-state index contributed by atoms with van der Waals surface area (Å²) in [5.74, 6) is 1.50. The molecule has 1 unspecified atom stereocenters. The van der Waals surface area contributed by atoms with Gasteiger partial charge in [0.05, 0.1) is 0 Å². The number of benzene rings is 2. The topological polar surface area (TPSA) is 67.4 Å². The zero-order chi connectivity index (χ0) is 20.9. The van der Waals surface area contributed by atoms with Crippen LogP contribution in [0.4, 0.5) is 4.79 Å². The molecular weight excluding hydrogens is 404 g/mol. The lowest BCUT2D eigenvalue weighted by molar-refractivity contribution is -0.120. The molecule has 7 heteroatoms. The van der Waals surface area contributed by atoms with Gasteiger partial charge in [-0.2, -0.15) is 11.8 Å². The zero-order valence-corrected chi connectivity index (χ0v) is 18.4. The Morgan fingerprint density at radius 2 is 1.59 bits per heavy atom. The minimum absolute atomic E-state index is 0.170. The Morgan fingerprint density at radius 3 is 2.21 bits per heavy atom. The molecule has 2 N–H and O–H groups in total. The predicted octanol–water partition coefficient (Wildman–Crippen LogP) is 4.43. The van der Waals surface area contributed by atoms with Gasteiger partial charge in [-0.1, -0.05) is 74.5 Å². The van der Waals surface area contributed by atoms with Crippen molar-refractivity contribution in [1.82, 2.24) is 10.6 Å². The summed E-state index contributed by atoms with van der Waals surface area (Å²) in [6, 6.07) is 19.7. The van der Waals surface area contributed by atoms with Crippen LogP contribution in [0.25, 0.3) is 0 Å². The predicted molar refractivity (Wildman–Crippen MR) is 122 cm³/mol. The van der Waals surface area contributed by atoms with Gasteiger partial charge >= 0.3 is 6.09 Å². The number of ether oxygens (including phenoxy) is 1. The lowest BCUT2D eigenvalue weighted by atomic mass is 10.2. The van der Waals surface area contributed by atoms with Gasteiger partial charge in [-0.25, -0.2) is 4.79 Å². The van der Waals surface area contributed by atoms with E-state index in [2.05, 4.69) is 22.8 Å². The normalized spacial score (nSPS) is 11.7. The van der Waals surface area contributed by atoms with Crippen molar-refractivity contribution in [2.75, 3.05) is 12.3 Å². The number of hydrogen-bond donors (Lipinski definition) is 2. The zero-order valence-electron chi connectivity index (χ0n) is 16.8. The van der Waals surface area contributed by atoms with E-state index in [9.17, 15) is 9.59 Å². The highest BCUT2D eigenvalue weighted by Gasteiger charge is 2.23. The van der Waals surface area contributed by atoms with Gasteiger partial charge in [-0.15, -0.1) is 11.8 Å². The molecule has 2 rings (SSSR count). The van der Waals surface area contributed by atoms with Crippen LogP contribution in [0.3, 0.4) is 0 Å². The minimum atomic E-state index is -0.683. The first-order valence-electron chi connectivity index (χ1n) is 9.56. The summed E-state index contributed by atoms with van der Waals surface area (Å²) in [7, 11) is 0. The third-order valence-electron chi connectivity index (χ3n) is 3.77. The third-order valence-corrected chi connectivity index (χ3v) is 5.94. The Bertz CT molecular complexity index is 742. The van der Waals surface area contributed by atoms with E-state index in [0.29, 0.717) is 6.54 Å². The van der Waals surface area contributed by atoms with E-state index in [4.69, 9.17) is 4.74 Å². The number of rotatable bonds is 11. The highest BCUT2D eigenvalue weighted by atomic mass is 32.2. The Kier molecular flexibility index (Phi) is 10.5. The van der Waals surface area contributed by atoms with Crippen LogP contribution in [0, 0.1) is 0 Å². The summed E-state index contributed by atoms with van der Waals surface area (Å²) >= 11 is 3.15. The molecule has 0 radical (unpaired) electrons. The maximum Gasteiger partial charge on any atom is 0.408 e. The smallest absolute Gasteiger partial charge is 0.408 e. The molecule has 0 aromatic heterocycles. The Morgan fingerprint density at radius 1 is 0.966 bits per heavy atom.